The lowest BCUT2D eigenvalue weighted by Crippen LogP contribution is -2.22. The van der Waals surface area contributed by atoms with E-state index in [0.29, 0.717) is 6.61 Å². The van der Waals surface area contributed by atoms with Gasteiger partial charge < -0.3 is 15.8 Å². The molecule has 0 saturated heterocycles. The third-order valence-corrected chi connectivity index (χ3v) is 2.40. The molecular formula is C12H21N3O. The highest BCUT2D eigenvalue weighted by molar-refractivity contribution is 5.49. The smallest absolute Gasteiger partial charge is 0.168 e. The van der Waals surface area contributed by atoms with E-state index in [-0.39, 0.29) is 6.04 Å². The van der Waals surface area contributed by atoms with Crippen LogP contribution in [0.25, 0.3) is 0 Å². The molecule has 0 aliphatic rings. The number of nitrogens with one attached hydrogen (secondary N) is 1. The monoisotopic (exact) mass is 223 g/mol. The third-order valence-electron chi connectivity index (χ3n) is 2.40. The zero-order valence-corrected chi connectivity index (χ0v) is 10.1. The van der Waals surface area contributed by atoms with E-state index in [0.717, 1.165) is 31.0 Å². The van der Waals surface area contributed by atoms with Crippen molar-refractivity contribution in [3.8, 4) is 5.75 Å². The van der Waals surface area contributed by atoms with Crippen LogP contribution in [0.3, 0.4) is 0 Å². The van der Waals surface area contributed by atoms with E-state index in [1.54, 1.807) is 6.20 Å². The van der Waals surface area contributed by atoms with Gasteiger partial charge in [0.25, 0.3) is 0 Å². The van der Waals surface area contributed by atoms with Gasteiger partial charge >= 0.3 is 0 Å². The SMILES string of the molecule is CCOc1cccnc1NCCC(N)CC. The minimum absolute atomic E-state index is 0.256. The Kier molecular flexibility index (Phi) is 5.64. The fourth-order valence-electron chi connectivity index (χ4n) is 1.38. The van der Waals surface area contributed by atoms with Gasteiger partial charge in [0.05, 0.1) is 6.61 Å². The zero-order valence-electron chi connectivity index (χ0n) is 10.1. The van der Waals surface area contributed by atoms with Gasteiger partial charge in [-0.2, -0.15) is 0 Å². The lowest BCUT2D eigenvalue weighted by Gasteiger charge is -2.12. The molecule has 1 unspecified atom stereocenters. The van der Waals surface area contributed by atoms with Crippen LogP contribution in [0.2, 0.25) is 0 Å². The molecule has 1 aromatic heterocycles. The van der Waals surface area contributed by atoms with E-state index in [2.05, 4.69) is 17.2 Å². The summed E-state index contributed by atoms with van der Waals surface area (Å²) in [6.45, 7) is 5.53. The number of ether oxygens (including phenoxy) is 1. The number of hydrogen-bond donors (Lipinski definition) is 2. The number of aromatic nitrogens is 1. The quantitative estimate of drug-likeness (QED) is 0.742. The molecule has 0 amide bonds. The first-order valence-electron chi connectivity index (χ1n) is 5.85. The molecule has 4 heteroatoms. The molecule has 0 fully saturated rings. The van der Waals surface area contributed by atoms with Crippen LogP contribution in [-0.4, -0.2) is 24.2 Å². The second-order valence-corrected chi connectivity index (χ2v) is 3.67. The lowest BCUT2D eigenvalue weighted by atomic mass is 10.2. The first kappa shape index (κ1) is 12.8. The highest BCUT2D eigenvalue weighted by Crippen LogP contribution is 2.20. The first-order valence-corrected chi connectivity index (χ1v) is 5.85. The molecule has 0 aliphatic heterocycles. The van der Waals surface area contributed by atoms with Gasteiger partial charge in [0.15, 0.2) is 11.6 Å². The van der Waals surface area contributed by atoms with Crippen LogP contribution in [0.1, 0.15) is 26.7 Å². The molecule has 1 atom stereocenters. The molecule has 0 spiro atoms. The molecule has 1 aromatic rings. The highest BCUT2D eigenvalue weighted by atomic mass is 16.5. The number of hydrogen-bond acceptors (Lipinski definition) is 4. The molecule has 0 saturated carbocycles. The second-order valence-electron chi connectivity index (χ2n) is 3.67. The van der Waals surface area contributed by atoms with Gasteiger partial charge in [0.1, 0.15) is 0 Å². The van der Waals surface area contributed by atoms with Gasteiger partial charge in [0, 0.05) is 18.8 Å². The van der Waals surface area contributed by atoms with E-state index in [9.17, 15) is 0 Å². The summed E-state index contributed by atoms with van der Waals surface area (Å²) in [5, 5.41) is 3.25. The normalized spacial score (nSPS) is 12.2. The summed E-state index contributed by atoms with van der Waals surface area (Å²) in [5.74, 6) is 1.60. The van der Waals surface area contributed by atoms with Crippen molar-refractivity contribution >= 4 is 5.82 Å². The predicted molar refractivity (Wildman–Crippen MR) is 66.8 cm³/mol. The Morgan fingerprint density at radius 2 is 2.31 bits per heavy atom. The molecule has 90 valence electrons. The van der Waals surface area contributed by atoms with Crippen LogP contribution in [0.5, 0.6) is 5.75 Å². The predicted octanol–water partition coefficient (Wildman–Crippen LogP) is 2.02. The summed E-state index contributed by atoms with van der Waals surface area (Å²) >= 11 is 0. The van der Waals surface area contributed by atoms with Gasteiger partial charge in [-0.3, -0.25) is 0 Å². The Morgan fingerprint density at radius 1 is 1.50 bits per heavy atom. The number of rotatable bonds is 7. The Hall–Kier alpha value is -1.29. The molecule has 3 N–H and O–H groups in total. The summed E-state index contributed by atoms with van der Waals surface area (Å²) in [6.07, 6.45) is 3.70. The summed E-state index contributed by atoms with van der Waals surface area (Å²) in [4.78, 5) is 4.24. The Labute approximate surface area is 97.2 Å². The van der Waals surface area contributed by atoms with E-state index in [1.165, 1.54) is 0 Å². The maximum atomic E-state index is 5.84. The van der Waals surface area contributed by atoms with Gasteiger partial charge in [0.2, 0.25) is 0 Å². The van der Waals surface area contributed by atoms with E-state index in [1.807, 2.05) is 19.1 Å². The Balaban J connectivity index is 2.46. The van der Waals surface area contributed by atoms with Crippen LogP contribution in [0, 0.1) is 0 Å². The molecule has 0 aliphatic carbocycles. The van der Waals surface area contributed by atoms with Crippen molar-refractivity contribution in [3.63, 3.8) is 0 Å². The minimum atomic E-state index is 0.256. The van der Waals surface area contributed by atoms with Crippen LogP contribution in [0.4, 0.5) is 5.82 Å². The second kappa shape index (κ2) is 7.06. The van der Waals surface area contributed by atoms with Crippen molar-refractivity contribution < 1.29 is 4.74 Å². The van der Waals surface area contributed by atoms with E-state index >= 15 is 0 Å². The van der Waals surface area contributed by atoms with Crippen molar-refractivity contribution in [2.75, 3.05) is 18.5 Å². The van der Waals surface area contributed by atoms with Crippen molar-refractivity contribution in [3.05, 3.63) is 18.3 Å². The average Bonchev–Trinajstić information content (AvgIpc) is 2.31. The average molecular weight is 223 g/mol. The highest BCUT2D eigenvalue weighted by Gasteiger charge is 2.04. The van der Waals surface area contributed by atoms with Crippen molar-refractivity contribution in [2.24, 2.45) is 5.73 Å². The number of nitrogens with zero attached hydrogens (tertiary/aromatic N) is 1. The maximum Gasteiger partial charge on any atom is 0.168 e. The molecule has 4 nitrogen and oxygen atoms in total. The van der Waals surface area contributed by atoms with Crippen LogP contribution in [-0.2, 0) is 0 Å². The molecule has 1 heterocycles. The maximum absolute atomic E-state index is 5.84. The fourth-order valence-corrected chi connectivity index (χ4v) is 1.38. The Morgan fingerprint density at radius 3 is 3.00 bits per heavy atom. The standard InChI is InChI=1S/C12H21N3O/c1-3-10(13)7-9-15-12-11(16-4-2)6-5-8-14-12/h5-6,8,10H,3-4,7,9,13H2,1-2H3,(H,14,15). The van der Waals surface area contributed by atoms with Gasteiger partial charge in [-0.1, -0.05) is 6.92 Å². The summed E-state index contributed by atoms with van der Waals surface area (Å²) in [7, 11) is 0. The Bertz CT molecular complexity index is 304. The molecule has 0 radical (unpaired) electrons. The molecular weight excluding hydrogens is 202 g/mol. The van der Waals surface area contributed by atoms with Crippen LogP contribution < -0.4 is 15.8 Å². The van der Waals surface area contributed by atoms with Crippen molar-refractivity contribution in [2.45, 2.75) is 32.7 Å². The van der Waals surface area contributed by atoms with Crippen molar-refractivity contribution in [1.82, 2.24) is 4.98 Å². The molecule has 0 bridgehead atoms. The van der Waals surface area contributed by atoms with Gasteiger partial charge in [-0.15, -0.1) is 0 Å². The molecule has 16 heavy (non-hydrogen) atoms. The molecule has 1 rings (SSSR count). The summed E-state index contributed by atoms with van der Waals surface area (Å²) in [5.41, 5.74) is 5.84. The van der Waals surface area contributed by atoms with Crippen LogP contribution in [0.15, 0.2) is 18.3 Å². The van der Waals surface area contributed by atoms with Crippen molar-refractivity contribution in [1.29, 1.82) is 0 Å². The number of anilines is 1. The first-order chi connectivity index (χ1) is 7.77. The third kappa shape index (κ3) is 4.06. The van der Waals surface area contributed by atoms with Crippen LogP contribution >= 0.6 is 0 Å². The van der Waals surface area contributed by atoms with E-state index < -0.39 is 0 Å². The van der Waals surface area contributed by atoms with E-state index in [4.69, 9.17) is 10.5 Å². The number of pyridine rings is 1. The lowest BCUT2D eigenvalue weighted by molar-refractivity contribution is 0.340. The zero-order chi connectivity index (χ0) is 11.8. The summed E-state index contributed by atoms with van der Waals surface area (Å²) < 4.78 is 5.46. The largest absolute Gasteiger partial charge is 0.490 e. The minimum Gasteiger partial charge on any atom is -0.490 e. The van der Waals surface area contributed by atoms with Gasteiger partial charge in [-0.05, 0) is 31.9 Å². The summed E-state index contributed by atoms with van der Waals surface area (Å²) in [6, 6.07) is 4.04. The topological polar surface area (TPSA) is 60.2 Å². The molecule has 0 aromatic carbocycles. The van der Waals surface area contributed by atoms with Gasteiger partial charge in [-0.25, -0.2) is 4.98 Å². The number of nitrogens with two attached hydrogens (primary N) is 1. The fraction of sp³-hybridized carbons (Fsp3) is 0.583.